The Labute approximate surface area is 77.2 Å². The summed E-state index contributed by atoms with van der Waals surface area (Å²) >= 11 is 0. The van der Waals surface area contributed by atoms with Crippen LogP contribution in [0, 0.1) is 5.41 Å². The summed E-state index contributed by atoms with van der Waals surface area (Å²) in [7, 11) is 0. The van der Waals surface area contributed by atoms with Crippen LogP contribution in [0.5, 0.6) is 0 Å². The lowest BCUT2D eigenvalue weighted by Crippen LogP contribution is -2.43. The molecule has 1 aromatic heterocycles. The molecule has 3 heteroatoms. The number of aliphatic hydroxyl groups is 1. The van der Waals surface area contributed by atoms with Gasteiger partial charge >= 0.3 is 0 Å². The zero-order valence-corrected chi connectivity index (χ0v) is 7.53. The molecular weight excluding hydrogens is 164 g/mol. The van der Waals surface area contributed by atoms with Crippen LogP contribution in [0.1, 0.15) is 19.3 Å². The summed E-state index contributed by atoms with van der Waals surface area (Å²) in [5.41, 5.74) is -0.0789. The molecule has 0 atom stereocenters. The van der Waals surface area contributed by atoms with Gasteiger partial charge in [0, 0.05) is 6.20 Å². The van der Waals surface area contributed by atoms with Crippen molar-refractivity contribution >= 4 is 0 Å². The van der Waals surface area contributed by atoms with Gasteiger partial charge in [-0.25, -0.2) is 0 Å². The van der Waals surface area contributed by atoms with Crippen molar-refractivity contribution in [1.82, 2.24) is 4.57 Å². The smallest absolute Gasteiger partial charge is 0.124 e. The Morgan fingerprint density at radius 3 is 2.77 bits per heavy atom. The molecule has 1 aliphatic rings. The average molecular weight is 178 g/mol. The van der Waals surface area contributed by atoms with Crippen molar-refractivity contribution in [3.05, 3.63) is 29.9 Å². The van der Waals surface area contributed by atoms with E-state index >= 15 is 0 Å². The second kappa shape index (κ2) is 3.00. The van der Waals surface area contributed by atoms with Crippen molar-refractivity contribution in [3.63, 3.8) is 0 Å². The van der Waals surface area contributed by atoms with E-state index in [1.54, 1.807) is 10.6 Å². The summed E-state index contributed by atoms with van der Waals surface area (Å²) < 4.78 is 1.79. The monoisotopic (exact) mass is 178 g/mol. The van der Waals surface area contributed by atoms with E-state index in [1.165, 1.54) is 0 Å². The maximum Gasteiger partial charge on any atom is 0.124 e. The highest BCUT2D eigenvalue weighted by molar-refractivity contribution is 4.95. The Morgan fingerprint density at radius 1 is 1.46 bits per heavy atom. The molecule has 3 nitrogen and oxygen atoms in total. The molecule has 2 rings (SSSR count). The number of hydrogen-bond acceptors (Lipinski definition) is 2. The Hall–Kier alpha value is -1.09. The fourth-order valence-electron chi connectivity index (χ4n) is 1.67. The number of aromatic nitrogens is 1. The SMILES string of the molecule is N=c1ccccn1CC1(O)CCC1. The lowest BCUT2D eigenvalue weighted by Gasteiger charge is -2.37. The Bertz CT molecular complexity index is 352. The van der Waals surface area contributed by atoms with Crippen LogP contribution in [-0.2, 0) is 6.54 Å². The van der Waals surface area contributed by atoms with Gasteiger partial charge in [-0.2, -0.15) is 0 Å². The minimum atomic E-state index is -0.540. The topological polar surface area (TPSA) is 49.0 Å². The zero-order valence-electron chi connectivity index (χ0n) is 7.53. The van der Waals surface area contributed by atoms with Gasteiger partial charge in [-0.3, -0.25) is 5.41 Å². The summed E-state index contributed by atoms with van der Waals surface area (Å²) in [6.45, 7) is 0.562. The largest absolute Gasteiger partial charge is 0.388 e. The van der Waals surface area contributed by atoms with Crippen LogP contribution < -0.4 is 5.49 Å². The Kier molecular flexibility index (Phi) is 1.96. The maximum absolute atomic E-state index is 9.88. The van der Waals surface area contributed by atoms with Crippen LogP contribution in [0.4, 0.5) is 0 Å². The molecule has 0 aromatic carbocycles. The maximum atomic E-state index is 9.88. The van der Waals surface area contributed by atoms with Crippen LogP contribution in [-0.4, -0.2) is 15.3 Å². The highest BCUT2D eigenvalue weighted by Crippen LogP contribution is 2.32. The Balaban J connectivity index is 2.18. The van der Waals surface area contributed by atoms with Crippen molar-refractivity contribution in [2.24, 2.45) is 0 Å². The van der Waals surface area contributed by atoms with E-state index in [1.807, 2.05) is 18.3 Å². The first kappa shape index (κ1) is 8.51. The number of rotatable bonds is 2. The summed E-state index contributed by atoms with van der Waals surface area (Å²) in [4.78, 5) is 0. The van der Waals surface area contributed by atoms with E-state index < -0.39 is 5.60 Å². The minimum Gasteiger partial charge on any atom is -0.388 e. The van der Waals surface area contributed by atoms with Crippen molar-refractivity contribution < 1.29 is 5.11 Å². The van der Waals surface area contributed by atoms with Crippen molar-refractivity contribution in [1.29, 1.82) is 5.41 Å². The quantitative estimate of drug-likeness (QED) is 0.694. The third-order valence-electron chi connectivity index (χ3n) is 2.69. The van der Waals surface area contributed by atoms with E-state index in [9.17, 15) is 5.11 Å². The summed E-state index contributed by atoms with van der Waals surface area (Å²) in [5, 5.41) is 17.5. The molecule has 0 saturated heterocycles. The van der Waals surface area contributed by atoms with Gasteiger partial charge in [-0.15, -0.1) is 0 Å². The molecule has 1 aromatic rings. The van der Waals surface area contributed by atoms with Gasteiger partial charge in [0.25, 0.3) is 0 Å². The molecule has 1 saturated carbocycles. The van der Waals surface area contributed by atoms with Gasteiger partial charge in [0.2, 0.25) is 0 Å². The van der Waals surface area contributed by atoms with Crippen LogP contribution in [0.2, 0.25) is 0 Å². The third-order valence-corrected chi connectivity index (χ3v) is 2.69. The molecule has 1 heterocycles. The van der Waals surface area contributed by atoms with E-state index in [0.29, 0.717) is 12.0 Å². The molecule has 70 valence electrons. The molecule has 2 N–H and O–H groups in total. The lowest BCUT2D eigenvalue weighted by molar-refractivity contribution is -0.0482. The van der Waals surface area contributed by atoms with Gasteiger partial charge < -0.3 is 9.67 Å². The van der Waals surface area contributed by atoms with E-state index in [4.69, 9.17) is 5.41 Å². The first-order valence-corrected chi connectivity index (χ1v) is 4.62. The zero-order chi connectivity index (χ0) is 9.31. The van der Waals surface area contributed by atoms with Crippen LogP contribution in [0.25, 0.3) is 0 Å². The fourth-order valence-corrected chi connectivity index (χ4v) is 1.67. The van der Waals surface area contributed by atoms with Gasteiger partial charge in [0.1, 0.15) is 5.49 Å². The molecule has 0 unspecified atom stereocenters. The third kappa shape index (κ3) is 1.65. The molecule has 0 spiro atoms. The first-order valence-electron chi connectivity index (χ1n) is 4.62. The highest BCUT2D eigenvalue weighted by Gasteiger charge is 2.34. The average Bonchev–Trinajstić information content (AvgIpc) is 2.06. The van der Waals surface area contributed by atoms with Crippen LogP contribution in [0.3, 0.4) is 0 Å². The second-order valence-electron chi connectivity index (χ2n) is 3.79. The van der Waals surface area contributed by atoms with Crippen LogP contribution >= 0.6 is 0 Å². The Morgan fingerprint density at radius 2 is 2.23 bits per heavy atom. The lowest BCUT2D eigenvalue weighted by atomic mass is 9.80. The van der Waals surface area contributed by atoms with E-state index in [2.05, 4.69) is 0 Å². The van der Waals surface area contributed by atoms with Crippen molar-refractivity contribution in [3.8, 4) is 0 Å². The van der Waals surface area contributed by atoms with Crippen molar-refractivity contribution in [2.75, 3.05) is 0 Å². The minimum absolute atomic E-state index is 0.461. The predicted molar refractivity (Wildman–Crippen MR) is 49.1 cm³/mol. The molecule has 13 heavy (non-hydrogen) atoms. The molecule has 0 aliphatic heterocycles. The van der Waals surface area contributed by atoms with Crippen LogP contribution in [0.15, 0.2) is 24.4 Å². The summed E-state index contributed by atoms with van der Waals surface area (Å²) in [6.07, 6.45) is 4.69. The molecule has 0 amide bonds. The molecule has 0 bridgehead atoms. The molecule has 1 fully saturated rings. The number of nitrogens with one attached hydrogen (secondary N) is 1. The van der Waals surface area contributed by atoms with Gasteiger partial charge in [0.15, 0.2) is 0 Å². The second-order valence-corrected chi connectivity index (χ2v) is 3.79. The summed E-state index contributed by atoms with van der Waals surface area (Å²) in [6, 6.07) is 5.46. The van der Waals surface area contributed by atoms with Crippen molar-refractivity contribution in [2.45, 2.75) is 31.4 Å². The summed E-state index contributed by atoms with van der Waals surface area (Å²) in [5.74, 6) is 0. The highest BCUT2D eigenvalue weighted by atomic mass is 16.3. The normalized spacial score (nSPS) is 19.5. The fraction of sp³-hybridized carbons (Fsp3) is 0.500. The number of hydrogen-bond donors (Lipinski definition) is 2. The van der Waals surface area contributed by atoms with Gasteiger partial charge in [-0.05, 0) is 31.4 Å². The number of pyridine rings is 1. The number of nitrogens with zero attached hydrogens (tertiary/aromatic N) is 1. The predicted octanol–water partition coefficient (Wildman–Crippen LogP) is 0.883. The van der Waals surface area contributed by atoms with Gasteiger partial charge in [-0.1, -0.05) is 6.07 Å². The van der Waals surface area contributed by atoms with E-state index in [-0.39, 0.29) is 0 Å². The van der Waals surface area contributed by atoms with Gasteiger partial charge in [0.05, 0.1) is 12.1 Å². The first-order chi connectivity index (χ1) is 6.20. The molecule has 0 radical (unpaired) electrons. The standard InChI is InChI=1S/C10H14N2O/c11-9-4-1-2-7-12(9)8-10(13)5-3-6-10/h1-2,4,7,11,13H,3,5-6,8H2. The van der Waals surface area contributed by atoms with E-state index in [0.717, 1.165) is 19.3 Å². The molecular formula is C10H14N2O. The molecule has 1 aliphatic carbocycles.